The third-order valence-corrected chi connectivity index (χ3v) is 7.46. The Morgan fingerprint density at radius 1 is 0.822 bits per heavy atom. The topological polar surface area (TPSA) is 119 Å². The molecule has 240 valence electrons. The Hall–Kier alpha value is -4.01. The fourth-order valence-electron chi connectivity index (χ4n) is 4.94. The lowest BCUT2D eigenvalue weighted by Gasteiger charge is -2.14. The molecule has 0 aromatic heterocycles. The van der Waals surface area contributed by atoms with Crippen molar-refractivity contribution in [3.8, 4) is 5.75 Å². The second kappa shape index (κ2) is 20.9. The number of rotatable bonds is 18. The minimum Gasteiger partial charge on any atom is -0.508 e. The van der Waals surface area contributed by atoms with Crippen LogP contribution in [0.3, 0.4) is 0 Å². The van der Waals surface area contributed by atoms with Crippen LogP contribution in [0.1, 0.15) is 66.9 Å². The van der Waals surface area contributed by atoms with Gasteiger partial charge in [-0.25, -0.2) is 4.79 Å². The molecule has 0 aliphatic heterocycles. The van der Waals surface area contributed by atoms with E-state index < -0.39 is 12.1 Å². The highest BCUT2D eigenvalue weighted by molar-refractivity contribution is 5.94. The lowest BCUT2D eigenvalue weighted by molar-refractivity contribution is -0.131. The van der Waals surface area contributed by atoms with Crippen LogP contribution in [0, 0.1) is 0 Å². The monoisotopic (exact) mass is 613 g/mol. The molecule has 0 fully saturated rings. The van der Waals surface area contributed by atoms with Crippen molar-refractivity contribution in [2.45, 2.75) is 57.7 Å². The van der Waals surface area contributed by atoms with Gasteiger partial charge in [-0.1, -0.05) is 91.7 Å². The van der Waals surface area contributed by atoms with Gasteiger partial charge in [0.25, 0.3) is 0 Å². The number of aliphatic hydroxyl groups is 2. The molecule has 4 aromatic carbocycles. The molecule has 0 spiro atoms. The van der Waals surface area contributed by atoms with E-state index in [2.05, 4.69) is 35.6 Å². The smallest absolute Gasteiger partial charge is 0.328 e. The molecule has 0 aliphatic rings. The zero-order valence-corrected chi connectivity index (χ0v) is 26.0. The fraction of sp³-hybridized carbons (Fsp3) is 0.342. The number of aliphatic carboxylic acids is 1. The van der Waals surface area contributed by atoms with Gasteiger partial charge in [-0.2, -0.15) is 0 Å². The lowest BCUT2D eigenvalue weighted by Crippen LogP contribution is -2.22. The lowest BCUT2D eigenvalue weighted by atomic mass is 10.0. The van der Waals surface area contributed by atoms with Crippen LogP contribution in [0.4, 0.5) is 0 Å². The average Bonchev–Trinajstić information content (AvgIpc) is 3.06. The molecular weight excluding hydrogens is 566 g/mol. The minimum absolute atomic E-state index is 0.0533. The van der Waals surface area contributed by atoms with Crippen LogP contribution in [0.2, 0.25) is 0 Å². The quantitative estimate of drug-likeness (QED) is 0.0603. The number of aromatic hydroxyl groups is 1. The molecule has 4 rings (SSSR count). The Kier molecular flexibility index (Phi) is 16.4. The summed E-state index contributed by atoms with van der Waals surface area (Å²) in [6.45, 7) is 2.77. The average molecular weight is 614 g/mol. The summed E-state index contributed by atoms with van der Waals surface area (Å²) < 4.78 is 5.72. The number of carboxylic acids is 1. The number of aryl methyl sites for hydroxylation is 1. The second-order valence-electron chi connectivity index (χ2n) is 11.0. The van der Waals surface area contributed by atoms with Gasteiger partial charge in [0.1, 0.15) is 5.75 Å². The number of carboxylic acid groups (broad SMARTS) is 1. The Labute approximate surface area is 266 Å². The van der Waals surface area contributed by atoms with Gasteiger partial charge in [-0.3, -0.25) is 0 Å². The van der Waals surface area contributed by atoms with Crippen molar-refractivity contribution in [1.82, 2.24) is 5.32 Å². The number of benzene rings is 4. The van der Waals surface area contributed by atoms with Crippen molar-refractivity contribution in [2.24, 2.45) is 0 Å². The van der Waals surface area contributed by atoms with E-state index in [1.54, 1.807) is 18.2 Å². The number of carbonyl (C=O) groups is 1. The SMILES string of the molecule is O=C(O)/C=C/c1cccc2ccccc12.OCc1cc(C(O)CNCCCCCCOCCCCc2ccccc2)ccc1O. The highest BCUT2D eigenvalue weighted by atomic mass is 16.5. The Morgan fingerprint density at radius 3 is 2.31 bits per heavy atom. The van der Waals surface area contributed by atoms with Crippen molar-refractivity contribution < 1.29 is 30.0 Å². The number of ether oxygens (including phenoxy) is 1. The largest absolute Gasteiger partial charge is 0.508 e. The maximum Gasteiger partial charge on any atom is 0.328 e. The predicted molar refractivity (Wildman–Crippen MR) is 181 cm³/mol. The van der Waals surface area contributed by atoms with Crippen LogP contribution in [0.5, 0.6) is 5.75 Å². The molecule has 0 saturated heterocycles. The third-order valence-electron chi connectivity index (χ3n) is 7.46. The van der Waals surface area contributed by atoms with E-state index in [0.29, 0.717) is 17.7 Å². The van der Waals surface area contributed by atoms with E-state index in [4.69, 9.17) is 9.84 Å². The Bertz CT molecular complexity index is 1430. The van der Waals surface area contributed by atoms with E-state index in [9.17, 15) is 20.1 Å². The third kappa shape index (κ3) is 13.7. The highest BCUT2D eigenvalue weighted by Crippen LogP contribution is 2.22. The van der Waals surface area contributed by atoms with Crippen LogP contribution in [-0.4, -0.2) is 52.7 Å². The minimum atomic E-state index is -0.928. The van der Waals surface area contributed by atoms with Crippen LogP contribution in [-0.2, 0) is 22.6 Å². The first-order chi connectivity index (χ1) is 22.0. The molecule has 0 bridgehead atoms. The number of phenols is 1. The van der Waals surface area contributed by atoms with Crippen LogP contribution < -0.4 is 5.32 Å². The van der Waals surface area contributed by atoms with Gasteiger partial charge in [0, 0.05) is 31.4 Å². The van der Waals surface area contributed by atoms with Gasteiger partial charge >= 0.3 is 5.97 Å². The van der Waals surface area contributed by atoms with Gasteiger partial charge in [0.05, 0.1) is 12.7 Å². The van der Waals surface area contributed by atoms with Gasteiger partial charge in [0.15, 0.2) is 0 Å². The summed E-state index contributed by atoms with van der Waals surface area (Å²) in [6.07, 6.45) is 10.0. The predicted octanol–water partition coefficient (Wildman–Crippen LogP) is 7.05. The van der Waals surface area contributed by atoms with Gasteiger partial charge in [0.2, 0.25) is 0 Å². The molecule has 7 heteroatoms. The zero-order valence-electron chi connectivity index (χ0n) is 26.0. The standard InChI is InChI=1S/C25H37NO4.C13H10O2/c27-20-23-18-22(13-14-24(23)28)25(29)19-26-15-7-1-2-8-16-30-17-9-6-12-21-10-4-3-5-11-21;14-13(15)9-8-11-6-3-5-10-4-1-2-7-12(10)11/h3-5,10-11,13-14,18,25-29H,1-2,6-9,12,15-17,19-20H2;1-9H,(H,14,15)/b;9-8+. The number of unbranched alkanes of at least 4 members (excludes halogenated alkanes) is 4. The molecule has 1 unspecified atom stereocenters. The van der Waals surface area contributed by atoms with Crippen molar-refractivity contribution in [1.29, 1.82) is 0 Å². The number of aliphatic hydroxyl groups excluding tert-OH is 2. The number of hydrogen-bond acceptors (Lipinski definition) is 6. The second-order valence-corrected chi connectivity index (χ2v) is 11.0. The summed E-state index contributed by atoms with van der Waals surface area (Å²) in [5, 5.41) is 43.0. The summed E-state index contributed by atoms with van der Waals surface area (Å²) in [5.74, 6) is -0.875. The maximum atomic E-state index is 10.4. The van der Waals surface area contributed by atoms with E-state index in [-0.39, 0.29) is 12.4 Å². The molecule has 4 aromatic rings. The Morgan fingerprint density at radius 2 is 1.53 bits per heavy atom. The van der Waals surface area contributed by atoms with Gasteiger partial charge < -0.3 is 30.5 Å². The highest BCUT2D eigenvalue weighted by Gasteiger charge is 2.10. The van der Waals surface area contributed by atoms with Crippen molar-refractivity contribution >= 4 is 22.8 Å². The molecule has 7 nitrogen and oxygen atoms in total. The van der Waals surface area contributed by atoms with Crippen LogP contribution in [0.15, 0.2) is 97.1 Å². The summed E-state index contributed by atoms with van der Waals surface area (Å²) in [7, 11) is 0. The first-order valence-electron chi connectivity index (χ1n) is 15.8. The normalized spacial score (nSPS) is 11.8. The molecular formula is C38H47NO6. The van der Waals surface area contributed by atoms with E-state index in [1.165, 1.54) is 18.1 Å². The van der Waals surface area contributed by atoms with E-state index in [1.807, 2.05) is 42.5 Å². The molecule has 0 radical (unpaired) electrons. The first-order valence-corrected chi connectivity index (χ1v) is 15.8. The van der Waals surface area contributed by atoms with Crippen LogP contribution >= 0.6 is 0 Å². The van der Waals surface area contributed by atoms with Gasteiger partial charge in [-0.05, 0) is 84.3 Å². The molecule has 45 heavy (non-hydrogen) atoms. The van der Waals surface area contributed by atoms with Crippen molar-refractivity contribution in [2.75, 3.05) is 26.3 Å². The number of fused-ring (bicyclic) bond motifs is 1. The first kappa shape index (κ1) is 35.5. The Balaban J connectivity index is 0.000000305. The van der Waals surface area contributed by atoms with E-state index in [0.717, 1.165) is 80.7 Å². The molecule has 1 atom stereocenters. The molecule has 0 saturated carbocycles. The molecule has 5 N–H and O–H groups in total. The van der Waals surface area contributed by atoms with Gasteiger partial charge in [-0.15, -0.1) is 0 Å². The fourth-order valence-corrected chi connectivity index (χ4v) is 4.94. The maximum absolute atomic E-state index is 10.4. The molecule has 0 aliphatic carbocycles. The summed E-state index contributed by atoms with van der Waals surface area (Å²) >= 11 is 0. The summed E-state index contributed by atoms with van der Waals surface area (Å²) in [4.78, 5) is 10.4. The number of hydrogen-bond donors (Lipinski definition) is 5. The molecule has 0 amide bonds. The number of nitrogens with one attached hydrogen (secondary N) is 1. The molecule has 0 heterocycles. The summed E-state index contributed by atoms with van der Waals surface area (Å²) in [6, 6.07) is 29.2. The van der Waals surface area contributed by atoms with Crippen LogP contribution in [0.25, 0.3) is 16.8 Å². The summed E-state index contributed by atoms with van der Waals surface area (Å²) in [5.41, 5.74) is 3.46. The van der Waals surface area contributed by atoms with E-state index >= 15 is 0 Å². The van der Waals surface area contributed by atoms with Crippen molar-refractivity contribution in [3.63, 3.8) is 0 Å². The zero-order chi connectivity index (χ0) is 32.1. The van der Waals surface area contributed by atoms with Crippen molar-refractivity contribution in [3.05, 3.63) is 119 Å².